The second kappa shape index (κ2) is 7.81. The third-order valence-electron chi connectivity index (χ3n) is 4.91. The number of ether oxygens (including phenoxy) is 2. The number of hydrogen-bond donors (Lipinski definition) is 1. The molecule has 0 aliphatic carbocycles. The first-order valence-electron chi connectivity index (χ1n) is 8.64. The molecule has 2 heterocycles. The van der Waals surface area contributed by atoms with E-state index in [2.05, 4.69) is 9.88 Å². The van der Waals surface area contributed by atoms with Crippen LogP contribution in [0.25, 0.3) is 10.9 Å². The number of methoxy groups -OCH3 is 2. The zero-order valence-corrected chi connectivity index (χ0v) is 14.5. The van der Waals surface area contributed by atoms with E-state index in [0.29, 0.717) is 12.6 Å². The summed E-state index contributed by atoms with van der Waals surface area (Å²) >= 11 is 0. The SMILES string of the molecule is COCC[C@@H]1CCCCN1Cc1cc2ccc(OC)cc2[nH]c1=O. The lowest BCUT2D eigenvalue weighted by atomic mass is 9.99. The highest BCUT2D eigenvalue weighted by atomic mass is 16.5. The van der Waals surface area contributed by atoms with Gasteiger partial charge in [-0.05, 0) is 49.4 Å². The fourth-order valence-corrected chi connectivity index (χ4v) is 3.54. The minimum atomic E-state index is -0.00758. The maximum absolute atomic E-state index is 12.5. The minimum absolute atomic E-state index is 0.00758. The number of aromatic amines is 1. The highest BCUT2D eigenvalue weighted by Crippen LogP contribution is 2.23. The van der Waals surface area contributed by atoms with Crippen LogP contribution >= 0.6 is 0 Å². The Labute approximate surface area is 142 Å². The number of nitrogens with zero attached hydrogens (tertiary/aromatic N) is 1. The van der Waals surface area contributed by atoms with Crippen molar-refractivity contribution in [3.8, 4) is 5.75 Å². The van der Waals surface area contributed by atoms with Gasteiger partial charge in [0.15, 0.2) is 0 Å². The third kappa shape index (κ3) is 3.79. The number of benzene rings is 1. The predicted molar refractivity (Wildman–Crippen MR) is 95.7 cm³/mol. The van der Waals surface area contributed by atoms with E-state index in [9.17, 15) is 4.79 Å². The minimum Gasteiger partial charge on any atom is -0.497 e. The van der Waals surface area contributed by atoms with E-state index in [-0.39, 0.29) is 5.56 Å². The van der Waals surface area contributed by atoms with Crippen LogP contribution in [0.2, 0.25) is 0 Å². The standard InChI is InChI=1S/C19H26N2O3/c1-23-10-8-16-5-3-4-9-21(16)13-15-11-14-6-7-17(24-2)12-18(14)20-19(15)22/h6-7,11-12,16H,3-5,8-10,13H2,1-2H3,(H,20,22)/t16-/m0/s1. The Kier molecular flexibility index (Phi) is 5.53. The summed E-state index contributed by atoms with van der Waals surface area (Å²) in [5.74, 6) is 0.751. The Morgan fingerprint density at radius 1 is 1.25 bits per heavy atom. The Balaban J connectivity index is 1.83. The lowest BCUT2D eigenvalue weighted by Gasteiger charge is -2.35. The smallest absolute Gasteiger partial charge is 0.252 e. The maximum Gasteiger partial charge on any atom is 0.252 e. The maximum atomic E-state index is 12.5. The van der Waals surface area contributed by atoms with Gasteiger partial charge in [-0.25, -0.2) is 0 Å². The lowest BCUT2D eigenvalue weighted by Crippen LogP contribution is -2.40. The number of nitrogens with one attached hydrogen (secondary N) is 1. The second-order valence-corrected chi connectivity index (χ2v) is 6.48. The van der Waals surface area contributed by atoms with Gasteiger partial charge < -0.3 is 14.5 Å². The zero-order chi connectivity index (χ0) is 16.9. The van der Waals surface area contributed by atoms with Crippen LogP contribution in [0.4, 0.5) is 0 Å². The van der Waals surface area contributed by atoms with Crippen LogP contribution in [-0.2, 0) is 11.3 Å². The number of likely N-dealkylation sites (tertiary alicyclic amines) is 1. The molecule has 3 rings (SSSR count). The Morgan fingerprint density at radius 2 is 2.12 bits per heavy atom. The largest absolute Gasteiger partial charge is 0.497 e. The molecule has 24 heavy (non-hydrogen) atoms. The van der Waals surface area contributed by atoms with Gasteiger partial charge >= 0.3 is 0 Å². The highest BCUT2D eigenvalue weighted by Gasteiger charge is 2.23. The van der Waals surface area contributed by atoms with Gasteiger partial charge in [0.1, 0.15) is 5.75 Å². The van der Waals surface area contributed by atoms with Crippen LogP contribution in [0.5, 0.6) is 5.75 Å². The molecule has 1 aliphatic rings. The molecule has 5 heteroatoms. The summed E-state index contributed by atoms with van der Waals surface area (Å²) in [7, 11) is 3.37. The summed E-state index contributed by atoms with van der Waals surface area (Å²) in [6.45, 7) is 2.52. The average molecular weight is 330 g/mol. The lowest BCUT2D eigenvalue weighted by molar-refractivity contribution is 0.0971. The first-order chi connectivity index (χ1) is 11.7. The fraction of sp³-hybridized carbons (Fsp3) is 0.526. The van der Waals surface area contributed by atoms with E-state index in [4.69, 9.17) is 9.47 Å². The first kappa shape index (κ1) is 17.0. The summed E-state index contributed by atoms with van der Waals surface area (Å²) in [5, 5.41) is 1.04. The number of piperidine rings is 1. The normalized spacial score (nSPS) is 18.8. The van der Waals surface area contributed by atoms with Crippen LogP contribution in [0.15, 0.2) is 29.1 Å². The van der Waals surface area contributed by atoms with Crippen LogP contribution in [0, 0.1) is 0 Å². The molecule has 1 N–H and O–H groups in total. The van der Waals surface area contributed by atoms with Gasteiger partial charge in [-0.2, -0.15) is 0 Å². The molecule has 0 bridgehead atoms. The van der Waals surface area contributed by atoms with Crippen LogP contribution < -0.4 is 10.3 Å². The van der Waals surface area contributed by atoms with Crippen molar-refractivity contribution in [1.82, 2.24) is 9.88 Å². The molecule has 1 aliphatic heterocycles. The van der Waals surface area contributed by atoms with Gasteiger partial charge in [-0.1, -0.05) is 6.42 Å². The van der Waals surface area contributed by atoms with Crippen molar-refractivity contribution in [3.63, 3.8) is 0 Å². The first-order valence-corrected chi connectivity index (χ1v) is 8.64. The number of H-pyrrole nitrogens is 1. The molecule has 1 aromatic heterocycles. The average Bonchev–Trinajstić information content (AvgIpc) is 2.61. The molecule has 0 spiro atoms. The monoisotopic (exact) mass is 330 g/mol. The van der Waals surface area contributed by atoms with E-state index < -0.39 is 0 Å². The second-order valence-electron chi connectivity index (χ2n) is 6.48. The molecule has 130 valence electrons. The van der Waals surface area contributed by atoms with Gasteiger partial charge in [0.25, 0.3) is 5.56 Å². The molecule has 2 aromatic rings. The summed E-state index contributed by atoms with van der Waals surface area (Å²) < 4.78 is 10.5. The zero-order valence-electron chi connectivity index (χ0n) is 14.5. The molecule has 1 fully saturated rings. The van der Waals surface area contributed by atoms with Crippen molar-refractivity contribution in [2.45, 2.75) is 38.3 Å². The quantitative estimate of drug-likeness (QED) is 0.885. The number of rotatable bonds is 6. The molecule has 5 nitrogen and oxygen atoms in total. The van der Waals surface area contributed by atoms with Gasteiger partial charge in [-0.15, -0.1) is 0 Å². The fourth-order valence-electron chi connectivity index (χ4n) is 3.54. The molecular formula is C19H26N2O3. The van der Waals surface area contributed by atoms with Gasteiger partial charge in [0, 0.05) is 37.9 Å². The summed E-state index contributed by atoms with van der Waals surface area (Å²) in [5.41, 5.74) is 1.64. The van der Waals surface area contributed by atoms with E-state index in [1.54, 1.807) is 14.2 Å². The Hall–Kier alpha value is -1.85. The molecule has 0 saturated carbocycles. The van der Waals surface area contributed by atoms with Crippen molar-refractivity contribution in [2.24, 2.45) is 0 Å². The number of pyridine rings is 1. The summed E-state index contributed by atoms with van der Waals surface area (Å²) in [6.07, 6.45) is 4.68. The van der Waals surface area contributed by atoms with Gasteiger partial charge in [-0.3, -0.25) is 9.69 Å². The van der Waals surface area contributed by atoms with E-state index >= 15 is 0 Å². The summed E-state index contributed by atoms with van der Waals surface area (Å²) in [6, 6.07) is 8.29. The van der Waals surface area contributed by atoms with E-state index in [1.807, 2.05) is 24.3 Å². The van der Waals surface area contributed by atoms with Crippen molar-refractivity contribution in [2.75, 3.05) is 27.4 Å². The van der Waals surface area contributed by atoms with Crippen molar-refractivity contribution in [3.05, 3.63) is 40.2 Å². The predicted octanol–water partition coefficient (Wildman–Crippen LogP) is 2.93. The molecular weight excluding hydrogens is 304 g/mol. The van der Waals surface area contributed by atoms with Crippen LogP contribution in [0.3, 0.4) is 0 Å². The van der Waals surface area contributed by atoms with E-state index in [1.165, 1.54) is 19.3 Å². The van der Waals surface area contributed by atoms with Crippen LogP contribution in [0.1, 0.15) is 31.2 Å². The molecule has 1 atom stereocenters. The van der Waals surface area contributed by atoms with Crippen molar-refractivity contribution >= 4 is 10.9 Å². The molecule has 0 radical (unpaired) electrons. The highest BCUT2D eigenvalue weighted by molar-refractivity contribution is 5.80. The topological polar surface area (TPSA) is 54.6 Å². The van der Waals surface area contributed by atoms with Gasteiger partial charge in [0.05, 0.1) is 12.6 Å². The Morgan fingerprint density at radius 3 is 2.92 bits per heavy atom. The van der Waals surface area contributed by atoms with E-state index in [0.717, 1.165) is 41.8 Å². The van der Waals surface area contributed by atoms with Crippen molar-refractivity contribution in [1.29, 1.82) is 0 Å². The Bertz CT molecular complexity index is 741. The molecule has 1 saturated heterocycles. The number of fused-ring (bicyclic) bond motifs is 1. The summed E-state index contributed by atoms with van der Waals surface area (Å²) in [4.78, 5) is 17.9. The molecule has 0 unspecified atom stereocenters. The van der Waals surface area contributed by atoms with Gasteiger partial charge in [0.2, 0.25) is 0 Å². The third-order valence-corrected chi connectivity index (χ3v) is 4.91. The van der Waals surface area contributed by atoms with Crippen molar-refractivity contribution < 1.29 is 9.47 Å². The molecule has 0 amide bonds. The molecule has 1 aromatic carbocycles. The van der Waals surface area contributed by atoms with Crippen LogP contribution in [-0.4, -0.2) is 43.3 Å². The number of hydrogen-bond acceptors (Lipinski definition) is 4. The number of aromatic nitrogens is 1.